The lowest BCUT2D eigenvalue weighted by molar-refractivity contribution is 0.132. The summed E-state index contributed by atoms with van der Waals surface area (Å²) in [6.45, 7) is 6.36. The number of nitrogens with one attached hydrogen (secondary N) is 1. The standard InChI is InChI=1S/C14H22BrNO2/c1-2-9-17-10-4-7-16-8-11-18-14-6-3-5-13(15)12-14/h3,5-6,12,16H,2,4,7-11H2,1H3. The van der Waals surface area contributed by atoms with Crippen molar-refractivity contribution < 1.29 is 9.47 Å². The highest BCUT2D eigenvalue weighted by molar-refractivity contribution is 9.10. The zero-order chi connectivity index (χ0) is 13.1. The van der Waals surface area contributed by atoms with Crippen LogP contribution in [-0.4, -0.2) is 32.9 Å². The minimum atomic E-state index is 0.687. The van der Waals surface area contributed by atoms with Gasteiger partial charge in [0.1, 0.15) is 12.4 Å². The largest absolute Gasteiger partial charge is 0.492 e. The Morgan fingerprint density at radius 1 is 1.17 bits per heavy atom. The van der Waals surface area contributed by atoms with Crippen LogP contribution in [0.5, 0.6) is 5.75 Å². The van der Waals surface area contributed by atoms with Crippen molar-refractivity contribution in [1.29, 1.82) is 0 Å². The van der Waals surface area contributed by atoms with E-state index in [0.29, 0.717) is 6.61 Å². The molecule has 1 aromatic carbocycles. The predicted molar refractivity (Wildman–Crippen MR) is 78.2 cm³/mol. The summed E-state index contributed by atoms with van der Waals surface area (Å²) in [5.74, 6) is 0.900. The van der Waals surface area contributed by atoms with Crippen LogP contribution in [-0.2, 0) is 4.74 Å². The van der Waals surface area contributed by atoms with Crippen molar-refractivity contribution in [3.63, 3.8) is 0 Å². The van der Waals surface area contributed by atoms with Crippen molar-refractivity contribution in [2.24, 2.45) is 0 Å². The van der Waals surface area contributed by atoms with Crippen LogP contribution in [0.2, 0.25) is 0 Å². The normalized spacial score (nSPS) is 10.6. The first-order chi connectivity index (χ1) is 8.83. The van der Waals surface area contributed by atoms with E-state index in [1.165, 1.54) is 0 Å². The van der Waals surface area contributed by atoms with Gasteiger partial charge in [0.25, 0.3) is 0 Å². The number of halogens is 1. The Labute approximate surface area is 118 Å². The number of benzene rings is 1. The van der Waals surface area contributed by atoms with E-state index in [9.17, 15) is 0 Å². The van der Waals surface area contributed by atoms with Gasteiger partial charge in [-0.25, -0.2) is 0 Å². The maximum atomic E-state index is 5.61. The summed E-state index contributed by atoms with van der Waals surface area (Å²) in [6, 6.07) is 7.89. The molecule has 1 rings (SSSR count). The molecule has 0 saturated heterocycles. The molecule has 0 radical (unpaired) electrons. The molecule has 1 aromatic rings. The van der Waals surface area contributed by atoms with Crippen molar-refractivity contribution in [2.45, 2.75) is 19.8 Å². The number of ether oxygens (including phenoxy) is 2. The molecular weight excluding hydrogens is 294 g/mol. The lowest BCUT2D eigenvalue weighted by atomic mass is 10.3. The maximum Gasteiger partial charge on any atom is 0.120 e. The molecular formula is C14H22BrNO2. The Bertz CT molecular complexity index is 320. The van der Waals surface area contributed by atoms with Crippen molar-refractivity contribution in [3.05, 3.63) is 28.7 Å². The molecule has 1 N–H and O–H groups in total. The van der Waals surface area contributed by atoms with Gasteiger partial charge in [0.2, 0.25) is 0 Å². The second-order valence-electron chi connectivity index (χ2n) is 4.02. The highest BCUT2D eigenvalue weighted by Gasteiger charge is 1.94. The lowest BCUT2D eigenvalue weighted by Gasteiger charge is -2.08. The zero-order valence-corrected chi connectivity index (χ0v) is 12.5. The minimum absolute atomic E-state index is 0.687. The van der Waals surface area contributed by atoms with Crippen molar-refractivity contribution in [2.75, 3.05) is 32.9 Å². The Morgan fingerprint density at radius 3 is 2.83 bits per heavy atom. The third-order valence-corrected chi connectivity index (χ3v) is 2.83. The van der Waals surface area contributed by atoms with Gasteiger partial charge in [-0.2, -0.15) is 0 Å². The van der Waals surface area contributed by atoms with E-state index in [1.807, 2.05) is 24.3 Å². The Hall–Kier alpha value is -0.580. The van der Waals surface area contributed by atoms with E-state index in [1.54, 1.807) is 0 Å². The molecule has 0 aliphatic carbocycles. The average molecular weight is 316 g/mol. The van der Waals surface area contributed by atoms with Gasteiger partial charge in [0, 0.05) is 24.2 Å². The molecule has 3 nitrogen and oxygen atoms in total. The third-order valence-electron chi connectivity index (χ3n) is 2.33. The molecule has 0 atom stereocenters. The van der Waals surface area contributed by atoms with Crippen molar-refractivity contribution in [3.8, 4) is 5.75 Å². The number of rotatable bonds is 10. The molecule has 0 saturated carbocycles. The van der Waals surface area contributed by atoms with Crippen LogP contribution in [0.25, 0.3) is 0 Å². The van der Waals surface area contributed by atoms with Crippen LogP contribution in [0, 0.1) is 0 Å². The summed E-state index contributed by atoms with van der Waals surface area (Å²) in [5.41, 5.74) is 0. The highest BCUT2D eigenvalue weighted by Crippen LogP contribution is 2.17. The predicted octanol–water partition coefficient (Wildman–Crippen LogP) is 3.23. The summed E-state index contributed by atoms with van der Waals surface area (Å²) in [6.07, 6.45) is 2.14. The SMILES string of the molecule is CCCOCCCNCCOc1cccc(Br)c1. The fraction of sp³-hybridized carbons (Fsp3) is 0.571. The minimum Gasteiger partial charge on any atom is -0.492 e. The van der Waals surface area contributed by atoms with E-state index in [4.69, 9.17) is 9.47 Å². The Kier molecular flexibility index (Phi) is 8.90. The fourth-order valence-electron chi connectivity index (χ4n) is 1.47. The molecule has 0 fully saturated rings. The fourth-order valence-corrected chi connectivity index (χ4v) is 1.85. The topological polar surface area (TPSA) is 30.5 Å². The number of hydrogen-bond acceptors (Lipinski definition) is 3. The first kappa shape index (κ1) is 15.5. The lowest BCUT2D eigenvalue weighted by Crippen LogP contribution is -2.23. The van der Waals surface area contributed by atoms with E-state index in [-0.39, 0.29) is 0 Å². The van der Waals surface area contributed by atoms with Gasteiger partial charge in [0.05, 0.1) is 0 Å². The van der Waals surface area contributed by atoms with Gasteiger partial charge in [-0.1, -0.05) is 28.9 Å². The summed E-state index contributed by atoms with van der Waals surface area (Å²) in [7, 11) is 0. The molecule has 0 heterocycles. The smallest absolute Gasteiger partial charge is 0.120 e. The van der Waals surface area contributed by atoms with Crippen LogP contribution in [0.15, 0.2) is 28.7 Å². The van der Waals surface area contributed by atoms with Crippen molar-refractivity contribution in [1.82, 2.24) is 5.32 Å². The summed E-state index contributed by atoms with van der Waals surface area (Å²) in [4.78, 5) is 0. The van der Waals surface area contributed by atoms with Crippen LogP contribution in [0.1, 0.15) is 19.8 Å². The maximum absolute atomic E-state index is 5.61. The van der Waals surface area contributed by atoms with Gasteiger partial charge in [-0.3, -0.25) is 0 Å². The Balaban J connectivity index is 1.92. The van der Waals surface area contributed by atoms with Crippen LogP contribution < -0.4 is 10.1 Å². The molecule has 0 amide bonds. The molecule has 18 heavy (non-hydrogen) atoms. The summed E-state index contributed by atoms with van der Waals surface area (Å²) in [5, 5.41) is 3.33. The van der Waals surface area contributed by atoms with Crippen LogP contribution in [0.4, 0.5) is 0 Å². The first-order valence-electron chi connectivity index (χ1n) is 6.49. The van der Waals surface area contributed by atoms with Gasteiger partial charge >= 0.3 is 0 Å². The second-order valence-corrected chi connectivity index (χ2v) is 4.94. The second kappa shape index (κ2) is 10.4. The Morgan fingerprint density at radius 2 is 2.06 bits per heavy atom. The first-order valence-corrected chi connectivity index (χ1v) is 7.29. The molecule has 0 bridgehead atoms. The third kappa shape index (κ3) is 7.69. The summed E-state index contributed by atoms with van der Waals surface area (Å²) < 4.78 is 12.0. The molecule has 0 aromatic heterocycles. The van der Waals surface area contributed by atoms with Crippen LogP contribution >= 0.6 is 15.9 Å². The highest BCUT2D eigenvalue weighted by atomic mass is 79.9. The van der Waals surface area contributed by atoms with Gasteiger partial charge in [-0.05, 0) is 37.6 Å². The van der Waals surface area contributed by atoms with Gasteiger partial charge < -0.3 is 14.8 Å². The van der Waals surface area contributed by atoms with E-state index >= 15 is 0 Å². The zero-order valence-electron chi connectivity index (χ0n) is 11.0. The number of hydrogen-bond donors (Lipinski definition) is 1. The van der Waals surface area contributed by atoms with Crippen molar-refractivity contribution >= 4 is 15.9 Å². The molecule has 102 valence electrons. The molecule has 0 unspecified atom stereocenters. The van der Waals surface area contributed by atoms with Crippen LogP contribution in [0.3, 0.4) is 0 Å². The quantitative estimate of drug-likeness (QED) is 0.672. The molecule has 0 spiro atoms. The van der Waals surface area contributed by atoms with E-state index < -0.39 is 0 Å². The average Bonchev–Trinajstić information content (AvgIpc) is 2.37. The van der Waals surface area contributed by atoms with Gasteiger partial charge in [-0.15, -0.1) is 0 Å². The van der Waals surface area contributed by atoms with E-state index in [0.717, 1.165) is 49.4 Å². The summed E-state index contributed by atoms with van der Waals surface area (Å²) >= 11 is 3.42. The molecule has 0 aliphatic rings. The van der Waals surface area contributed by atoms with E-state index in [2.05, 4.69) is 28.2 Å². The van der Waals surface area contributed by atoms with Gasteiger partial charge in [0.15, 0.2) is 0 Å². The molecule has 4 heteroatoms. The monoisotopic (exact) mass is 315 g/mol. The molecule has 0 aliphatic heterocycles.